The van der Waals surface area contributed by atoms with Crippen LogP contribution in [-0.4, -0.2) is 50.4 Å². The molecule has 25 heavy (non-hydrogen) atoms. The van der Waals surface area contributed by atoms with Crippen molar-refractivity contribution in [2.75, 3.05) is 33.5 Å². The van der Waals surface area contributed by atoms with Gasteiger partial charge in [-0.1, -0.05) is 13.0 Å². The average molecular weight is 460 g/mol. The van der Waals surface area contributed by atoms with Gasteiger partial charge >= 0.3 is 0 Å². The highest BCUT2D eigenvalue weighted by Crippen LogP contribution is 2.32. The monoisotopic (exact) mass is 460 g/mol. The van der Waals surface area contributed by atoms with Gasteiger partial charge in [0.25, 0.3) is 0 Å². The van der Waals surface area contributed by atoms with Gasteiger partial charge < -0.3 is 25.0 Å². The maximum Gasteiger partial charge on any atom is 0.231 e. The lowest BCUT2D eigenvalue weighted by Gasteiger charge is -2.32. The number of halogens is 1. The first-order chi connectivity index (χ1) is 11.8. The van der Waals surface area contributed by atoms with Gasteiger partial charge in [0, 0.05) is 32.7 Å². The minimum atomic E-state index is 0. The number of hydrogen-bond donors (Lipinski definition) is 2. The lowest BCUT2D eigenvalue weighted by molar-refractivity contribution is 0.174. The van der Waals surface area contributed by atoms with Gasteiger partial charge in [-0.2, -0.15) is 0 Å². The van der Waals surface area contributed by atoms with E-state index in [0.717, 1.165) is 23.0 Å². The molecule has 0 spiro atoms. The fourth-order valence-corrected chi connectivity index (χ4v) is 3.24. The van der Waals surface area contributed by atoms with Crippen molar-refractivity contribution in [2.45, 2.75) is 38.8 Å². The lowest BCUT2D eigenvalue weighted by Crippen LogP contribution is -2.48. The largest absolute Gasteiger partial charge is 0.454 e. The van der Waals surface area contributed by atoms with Gasteiger partial charge in [0.15, 0.2) is 17.5 Å². The Labute approximate surface area is 167 Å². The van der Waals surface area contributed by atoms with Gasteiger partial charge in [0.05, 0.1) is 0 Å². The second kappa shape index (κ2) is 10.1. The van der Waals surface area contributed by atoms with E-state index in [1.807, 2.05) is 19.2 Å². The standard InChI is InChI=1S/C18H28N4O2.HI/c1-3-8-22-9-6-15(7-10-22)21-18(19-2)20-12-14-4-5-16-17(11-14)24-13-23-16;/h4-5,11,15H,3,6-10,12-13H2,1-2H3,(H2,19,20,21);1H. The molecular formula is C18H29IN4O2. The fraction of sp³-hybridized carbons (Fsp3) is 0.611. The molecule has 0 saturated carbocycles. The van der Waals surface area contributed by atoms with Crippen LogP contribution in [0, 0.1) is 0 Å². The zero-order chi connectivity index (χ0) is 16.8. The van der Waals surface area contributed by atoms with Crippen molar-refractivity contribution in [3.05, 3.63) is 23.8 Å². The molecule has 0 amide bonds. The normalized spacial score (nSPS) is 17.9. The molecule has 1 aromatic rings. The number of nitrogens with one attached hydrogen (secondary N) is 2. The van der Waals surface area contributed by atoms with E-state index in [1.54, 1.807) is 0 Å². The molecule has 2 aliphatic heterocycles. The third-order valence-corrected chi connectivity index (χ3v) is 4.59. The summed E-state index contributed by atoms with van der Waals surface area (Å²) in [6, 6.07) is 6.53. The number of nitrogens with zero attached hydrogens (tertiary/aromatic N) is 2. The van der Waals surface area contributed by atoms with E-state index in [1.165, 1.54) is 38.9 Å². The third-order valence-electron chi connectivity index (χ3n) is 4.59. The highest BCUT2D eigenvalue weighted by atomic mass is 127. The van der Waals surface area contributed by atoms with E-state index in [4.69, 9.17) is 9.47 Å². The first-order valence-corrected chi connectivity index (χ1v) is 8.86. The Morgan fingerprint density at radius 2 is 2.00 bits per heavy atom. The molecule has 2 aliphatic rings. The fourth-order valence-electron chi connectivity index (χ4n) is 3.24. The number of hydrogen-bond acceptors (Lipinski definition) is 4. The van der Waals surface area contributed by atoms with Crippen molar-refractivity contribution in [3.63, 3.8) is 0 Å². The molecule has 0 aromatic heterocycles. The van der Waals surface area contributed by atoms with Crippen molar-refractivity contribution < 1.29 is 9.47 Å². The van der Waals surface area contributed by atoms with Crippen LogP contribution in [0.1, 0.15) is 31.7 Å². The van der Waals surface area contributed by atoms with Crippen LogP contribution in [0.3, 0.4) is 0 Å². The Morgan fingerprint density at radius 3 is 2.72 bits per heavy atom. The van der Waals surface area contributed by atoms with Crippen LogP contribution in [0.2, 0.25) is 0 Å². The highest BCUT2D eigenvalue weighted by molar-refractivity contribution is 14.0. The molecule has 3 rings (SSSR count). The predicted octanol–water partition coefficient (Wildman–Crippen LogP) is 2.57. The summed E-state index contributed by atoms with van der Waals surface area (Å²) in [6.45, 7) is 6.82. The summed E-state index contributed by atoms with van der Waals surface area (Å²) >= 11 is 0. The van der Waals surface area contributed by atoms with Crippen LogP contribution in [-0.2, 0) is 6.54 Å². The molecule has 2 N–H and O–H groups in total. The van der Waals surface area contributed by atoms with Gasteiger partial charge in [-0.15, -0.1) is 24.0 Å². The number of ether oxygens (including phenoxy) is 2. The molecule has 0 atom stereocenters. The number of piperidine rings is 1. The molecule has 0 unspecified atom stereocenters. The number of rotatable bonds is 5. The molecular weight excluding hydrogens is 431 g/mol. The maximum atomic E-state index is 5.42. The minimum absolute atomic E-state index is 0. The number of likely N-dealkylation sites (tertiary alicyclic amines) is 1. The van der Waals surface area contributed by atoms with Crippen LogP contribution in [0.25, 0.3) is 0 Å². The van der Waals surface area contributed by atoms with Crippen LogP contribution in [0.15, 0.2) is 23.2 Å². The van der Waals surface area contributed by atoms with Gasteiger partial charge in [0.2, 0.25) is 6.79 Å². The number of guanidine groups is 1. The van der Waals surface area contributed by atoms with Crippen molar-refractivity contribution in [3.8, 4) is 11.5 Å². The summed E-state index contributed by atoms with van der Waals surface area (Å²) in [5.74, 6) is 2.50. The first-order valence-electron chi connectivity index (χ1n) is 8.86. The minimum Gasteiger partial charge on any atom is -0.454 e. The molecule has 6 nitrogen and oxygen atoms in total. The van der Waals surface area contributed by atoms with E-state index < -0.39 is 0 Å². The Balaban J connectivity index is 0.00000225. The van der Waals surface area contributed by atoms with Crippen molar-refractivity contribution >= 4 is 29.9 Å². The zero-order valence-electron chi connectivity index (χ0n) is 15.1. The van der Waals surface area contributed by atoms with Gasteiger partial charge in [-0.25, -0.2) is 0 Å². The highest BCUT2D eigenvalue weighted by Gasteiger charge is 2.19. The van der Waals surface area contributed by atoms with Crippen LogP contribution >= 0.6 is 24.0 Å². The summed E-state index contributed by atoms with van der Waals surface area (Å²) in [6.07, 6.45) is 3.58. The molecule has 0 aliphatic carbocycles. The molecule has 1 aromatic carbocycles. The third kappa shape index (κ3) is 5.64. The Bertz CT molecular complexity index is 574. The zero-order valence-corrected chi connectivity index (χ0v) is 17.4. The number of benzene rings is 1. The average Bonchev–Trinajstić information content (AvgIpc) is 3.08. The van der Waals surface area contributed by atoms with Crippen LogP contribution in [0.5, 0.6) is 11.5 Å². The van der Waals surface area contributed by atoms with Gasteiger partial charge in [-0.05, 0) is 43.5 Å². The second-order valence-corrected chi connectivity index (χ2v) is 6.37. The van der Waals surface area contributed by atoms with Crippen molar-refractivity contribution in [1.29, 1.82) is 0 Å². The molecule has 1 fully saturated rings. The molecule has 1 saturated heterocycles. The summed E-state index contributed by atoms with van der Waals surface area (Å²) < 4.78 is 10.8. The van der Waals surface area contributed by atoms with Crippen molar-refractivity contribution in [2.24, 2.45) is 4.99 Å². The molecule has 0 bridgehead atoms. The second-order valence-electron chi connectivity index (χ2n) is 6.37. The summed E-state index contributed by atoms with van der Waals surface area (Å²) in [5.41, 5.74) is 1.15. The summed E-state index contributed by atoms with van der Waals surface area (Å²) in [5, 5.41) is 6.94. The molecule has 0 radical (unpaired) electrons. The predicted molar refractivity (Wildman–Crippen MR) is 111 cm³/mol. The molecule has 7 heteroatoms. The molecule has 140 valence electrons. The van der Waals surface area contributed by atoms with Crippen LogP contribution < -0.4 is 20.1 Å². The van der Waals surface area contributed by atoms with E-state index in [9.17, 15) is 0 Å². The topological polar surface area (TPSA) is 58.1 Å². The summed E-state index contributed by atoms with van der Waals surface area (Å²) in [4.78, 5) is 6.89. The van der Waals surface area contributed by atoms with E-state index in [-0.39, 0.29) is 24.0 Å². The first kappa shape index (κ1) is 20.1. The van der Waals surface area contributed by atoms with Gasteiger partial charge in [0.1, 0.15) is 0 Å². The smallest absolute Gasteiger partial charge is 0.231 e. The quantitative estimate of drug-likeness (QED) is 0.402. The van der Waals surface area contributed by atoms with Gasteiger partial charge in [-0.3, -0.25) is 4.99 Å². The molecule has 2 heterocycles. The van der Waals surface area contributed by atoms with E-state index in [2.05, 4.69) is 33.5 Å². The SMILES string of the molecule is CCCN1CCC(NC(=NC)NCc2ccc3c(c2)OCO3)CC1.I. The van der Waals surface area contributed by atoms with E-state index in [0.29, 0.717) is 19.4 Å². The summed E-state index contributed by atoms with van der Waals surface area (Å²) in [7, 11) is 1.82. The number of fused-ring (bicyclic) bond motifs is 1. The van der Waals surface area contributed by atoms with Crippen molar-refractivity contribution in [1.82, 2.24) is 15.5 Å². The maximum absolute atomic E-state index is 5.42. The Hall–Kier alpha value is -1.22. The van der Waals surface area contributed by atoms with Crippen LogP contribution in [0.4, 0.5) is 0 Å². The Morgan fingerprint density at radius 1 is 1.24 bits per heavy atom. The Kier molecular flexibility index (Phi) is 8.08. The lowest BCUT2D eigenvalue weighted by atomic mass is 10.1. The number of aliphatic imine (C=N–C) groups is 1. The van der Waals surface area contributed by atoms with E-state index >= 15 is 0 Å².